The van der Waals surface area contributed by atoms with E-state index in [1.165, 1.54) is 18.5 Å². The molecule has 1 N–H and O–H groups in total. The smallest absolute Gasteiger partial charge is 0.330 e. The number of rotatable bonds is 8. The van der Waals surface area contributed by atoms with Gasteiger partial charge in [-0.3, -0.25) is 24.5 Å². The fourth-order valence-corrected chi connectivity index (χ4v) is 3.44. The van der Waals surface area contributed by atoms with E-state index in [1.807, 2.05) is 6.92 Å². The lowest BCUT2D eigenvalue weighted by atomic mass is 10.1. The summed E-state index contributed by atoms with van der Waals surface area (Å²) in [7, 11) is 0. The number of fused-ring (bicyclic) bond motifs is 1. The van der Waals surface area contributed by atoms with Crippen molar-refractivity contribution in [1.82, 2.24) is 29.2 Å². The van der Waals surface area contributed by atoms with Crippen molar-refractivity contribution in [2.75, 3.05) is 0 Å². The van der Waals surface area contributed by atoms with E-state index >= 15 is 0 Å². The predicted molar refractivity (Wildman–Crippen MR) is 109 cm³/mol. The third-order valence-corrected chi connectivity index (χ3v) is 4.87. The summed E-state index contributed by atoms with van der Waals surface area (Å²) in [6.07, 6.45) is 2.47. The number of benzene rings is 1. The normalized spacial score (nSPS) is 11.3. The first kappa shape index (κ1) is 20.2. The maximum absolute atomic E-state index is 12.8. The summed E-state index contributed by atoms with van der Waals surface area (Å²) in [4.78, 5) is 47.1. The summed E-state index contributed by atoms with van der Waals surface area (Å²) in [5, 5.41) is 14.6. The van der Waals surface area contributed by atoms with Crippen LogP contribution in [0.2, 0.25) is 0 Å². The van der Waals surface area contributed by atoms with Gasteiger partial charge in [-0.15, -0.1) is 0 Å². The van der Waals surface area contributed by atoms with Gasteiger partial charge in [0, 0.05) is 25.2 Å². The quantitative estimate of drug-likeness (QED) is 0.328. The molecule has 0 fully saturated rings. The number of nitro benzene ring substituents is 1. The van der Waals surface area contributed by atoms with Crippen molar-refractivity contribution >= 4 is 16.9 Å². The first-order valence-electron chi connectivity index (χ1n) is 9.69. The van der Waals surface area contributed by atoms with Crippen LogP contribution in [0.25, 0.3) is 11.2 Å². The number of aromatic nitrogens is 6. The van der Waals surface area contributed by atoms with Crippen LogP contribution < -0.4 is 11.2 Å². The molecule has 0 spiro atoms. The molecule has 4 rings (SSSR count). The van der Waals surface area contributed by atoms with Crippen LogP contribution in [0.1, 0.15) is 30.6 Å². The van der Waals surface area contributed by atoms with Crippen LogP contribution in [0.3, 0.4) is 0 Å². The molecule has 31 heavy (non-hydrogen) atoms. The molecule has 0 unspecified atom stereocenters. The number of imidazole rings is 1. The third-order valence-electron chi connectivity index (χ3n) is 4.87. The molecule has 0 radical (unpaired) electrons. The second-order valence-electron chi connectivity index (χ2n) is 6.95. The first-order chi connectivity index (χ1) is 15.0. The molecule has 3 aromatic heterocycles. The number of nitrogens with one attached hydrogen (secondary N) is 1. The molecular weight excluding hydrogens is 406 g/mol. The topological polar surface area (TPSA) is 155 Å². The van der Waals surface area contributed by atoms with Gasteiger partial charge in [0.25, 0.3) is 11.2 Å². The number of hydrogen-bond acceptors (Lipinski definition) is 8. The number of nitrogens with zero attached hydrogens (tertiary/aromatic N) is 6. The van der Waals surface area contributed by atoms with Gasteiger partial charge < -0.3 is 9.09 Å². The Morgan fingerprint density at radius 2 is 2.06 bits per heavy atom. The van der Waals surface area contributed by atoms with E-state index in [0.717, 1.165) is 10.1 Å². The molecule has 0 saturated carbocycles. The summed E-state index contributed by atoms with van der Waals surface area (Å²) in [6, 6.07) is 6.31. The van der Waals surface area contributed by atoms with Crippen LogP contribution >= 0.6 is 0 Å². The Hall–Kier alpha value is -4.09. The average Bonchev–Trinajstić information content (AvgIpc) is 3.38. The summed E-state index contributed by atoms with van der Waals surface area (Å²) in [5.41, 5.74) is 0.182. The highest BCUT2D eigenvalue weighted by atomic mass is 16.6. The maximum Gasteiger partial charge on any atom is 0.330 e. The molecule has 0 saturated heterocycles. The Morgan fingerprint density at radius 3 is 2.77 bits per heavy atom. The fraction of sp³-hybridized carbons (Fsp3) is 0.316. The van der Waals surface area contributed by atoms with Gasteiger partial charge in [-0.1, -0.05) is 24.2 Å². The van der Waals surface area contributed by atoms with Crippen molar-refractivity contribution in [1.29, 1.82) is 0 Å². The first-order valence-corrected chi connectivity index (χ1v) is 9.69. The minimum Gasteiger partial charge on any atom is -0.339 e. The van der Waals surface area contributed by atoms with Crippen LogP contribution in [0.5, 0.6) is 0 Å². The Kier molecular flexibility index (Phi) is 5.43. The lowest BCUT2D eigenvalue weighted by molar-refractivity contribution is -0.384. The van der Waals surface area contributed by atoms with Gasteiger partial charge >= 0.3 is 5.69 Å². The van der Waals surface area contributed by atoms with E-state index in [9.17, 15) is 19.7 Å². The molecule has 4 aromatic rings. The van der Waals surface area contributed by atoms with Gasteiger partial charge in [0.15, 0.2) is 11.8 Å². The number of H-pyrrole nitrogens is 1. The largest absolute Gasteiger partial charge is 0.339 e. The standard InChI is InChI=1S/C19H19N7O5/c1-2-7-25-18(27)16-17(23-19(25)28)24(14(22-16)10-15-20-11-21-31-15)8-6-12-4-3-5-13(9-12)26(29)30/h3-5,9,11H,2,6-8,10H2,1H3,(H,23,28). The van der Waals surface area contributed by atoms with Gasteiger partial charge in [0.2, 0.25) is 5.89 Å². The zero-order valence-corrected chi connectivity index (χ0v) is 16.6. The Bertz CT molecular complexity index is 1350. The second-order valence-corrected chi connectivity index (χ2v) is 6.95. The maximum atomic E-state index is 12.8. The van der Waals surface area contributed by atoms with Crippen molar-refractivity contribution in [3.05, 3.63) is 78.8 Å². The molecular formula is C19H19N7O5. The van der Waals surface area contributed by atoms with E-state index in [1.54, 1.807) is 16.7 Å². The molecule has 0 aliphatic heterocycles. The second kappa shape index (κ2) is 8.34. The molecule has 1 aromatic carbocycles. The van der Waals surface area contributed by atoms with Crippen LogP contribution in [0, 0.1) is 10.1 Å². The van der Waals surface area contributed by atoms with Crippen molar-refractivity contribution < 1.29 is 9.45 Å². The lowest BCUT2D eigenvalue weighted by Crippen LogP contribution is -2.35. The molecule has 0 amide bonds. The van der Waals surface area contributed by atoms with Gasteiger partial charge in [-0.05, 0) is 18.4 Å². The lowest BCUT2D eigenvalue weighted by Gasteiger charge is -2.09. The van der Waals surface area contributed by atoms with Crippen LogP contribution in [0.4, 0.5) is 5.69 Å². The summed E-state index contributed by atoms with van der Waals surface area (Å²) < 4.78 is 7.89. The number of hydrogen-bond donors (Lipinski definition) is 1. The highest BCUT2D eigenvalue weighted by molar-refractivity contribution is 5.70. The molecule has 160 valence electrons. The fourth-order valence-electron chi connectivity index (χ4n) is 3.44. The summed E-state index contributed by atoms with van der Waals surface area (Å²) in [6.45, 7) is 2.48. The Labute approximate surface area is 174 Å². The van der Waals surface area contributed by atoms with Crippen LogP contribution in [-0.4, -0.2) is 34.2 Å². The molecule has 0 atom stereocenters. The molecule has 3 heterocycles. The SMILES string of the molecule is CCCn1c(=O)[nH]c2c(nc(Cc3ncno3)n2CCc2cccc([N+](=O)[O-])c2)c1=O. The van der Waals surface area contributed by atoms with E-state index in [4.69, 9.17) is 4.52 Å². The minimum absolute atomic E-state index is 0.00469. The van der Waals surface area contributed by atoms with Crippen LogP contribution in [-0.2, 0) is 25.9 Å². The average molecular weight is 425 g/mol. The third kappa shape index (κ3) is 3.99. The van der Waals surface area contributed by atoms with Gasteiger partial charge in [0.05, 0.1) is 11.3 Å². The van der Waals surface area contributed by atoms with E-state index in [2.05, 4.69) is 20.1 Å². The zero-order chi connectivity index (χ0) is 22.0. The number of non-ortho nitro benzene ring substituents is 1. The van der Waals surface area contributed by atoms with E-state index in [0.29, 0.717) is 36.7 Å². The summed E-state index contributed by atoms with van der Waals surface area (Å²) in [5.74, 6) is 0.773. The van der Waals surface area contributed by atoms with E-state index in [-0.39, 0.29) is 24.2 Å². The van der Waals surface area contributed by atoms with Gasteiger partial charge in [0.1, 0.15) is 11.5 Å². The Morgan fingerprint density at radius 1 is 1.23 bits per heavy atom. The molecule has 0 aliphatic carbocycles. The summed E-state index contributed by atoms with van der Waals surface area (Å²) >= 11 is 0. The van der Waals surface area contributed by atoms with Crippen molar-refractivity contribution in [3.8, 4) is 0 Å². The molecule has 12 nitrogen and oxygen atoms in total. The molecule has 12 heteroatoms. The molecule has 0 aliphatic rings. The van der Waals surface area contributed by atoms with Crippen molar-refractivity contribution in [2.45, 2.75) is 39.3 Å². The van der Waals surface area contributed by atoms with Crippen LogP contribution in [0.15, 0.2) is 44.7 Å². The zero-order valence-electron chi connectivity index (χ0n) is 16.6. The number of aromatic amines is 1. The number of nitro groups is 1. The monoisotopic (exact) mass is 425 g/mol. The van der Waals surface area contributed by atoms with Gasteiger partial charge in [-0.25, -0.2) is 9.78 Å². The highest BCUT2D eigenvalue weighted by Crippen LogP contribution is 2.17. The Balaban J connectivity index is 1.77. The van der Waals surface area contributed by atoms with Gasteiger partial charge in [-0.2, -0.15) is 4.98 Å². The van der Waals surface area contributed by atoms with E-state index < -0.39 is 16.2 Å². The van der Waals surface area contributed by atoms with Crippen molar-refractivity contribution in [2.24, 2.45) is 0 Å². The highest BCUT2D eigenvalue weighted by Gasteiger charge is 2.19. The number of aryl methyl sites for hydroxylation is 2. The van der Waals surface area contributed by atoms with Crippen molar-refractivity contribution in [3.63, 3.8) is 0 Å². The molecule has 0 bridgehead atoms. The minimum atomic E-state index is -0.514. The predicted octanol–water partition coefficient (Wildman–Crippen LogP) is 1.42.